The fraction of sp³-hybridized carbons (Fsp3) is 0.208. The molecule has 32 heavy (non-hydrogen) atoms. The van der Waals surface area contributed by atoms with Crippen LogP contribution in [-0.4, -0.2) is 46.4 Å². The van der Waals surface area contributed by atoms with Crippen molar-refractivity contribution >= 4 is 24.0 Å². The molecule has 0 aromatic heterocycles. The van der Waals surface area contributed by atoms with Crippen molar-refractivity contribution in [2.75, 3.05) is 34.5 Å². The zero-order valence-corrected chi connectivity index (χ0v) is 18.1. The van der Waals surface area contributed by atoms with Crippen LogP contribution >= 0.6 is 0 Å². The summed E-state index contributed by atoms with van der Waals surface area (Å²) in [7, 11) is 4.49. The van der Waals surface area contributed by atoms with E-state index in [2.05, 4.69) is 5.32 Å². The minimum absolute atomic E-state index is 0.0763. The molecule has 0 saturated carbocycles. The quantitative estimate of drug-likeness (QED) is 0.201. The van der Waals surface area contributed by atoms with Gasteiger partial charge in [-0.1, -0.05) is 24.3 Å². The molecule has 0 unspecified atom stereocenters. The van der Waals surface area contributed by atoms with Crippen LogP contribution in [-0.2, 0) is 14.3 Å². The Morgan fingerprint density at radius 2 is 1.78 bits per heavy atom. The molecule has 0 radical (unpaired) electrons. The van der Waals surface area contributed by atoms with Gasteiger partial charge in [-0.25, -0.2) is 4.79 Å². The van der Waals surface area contributed by atoms with Crippen LogP contribution in [0, 0.1) is 11.3 Å². The second-order valence-electron chi connectivity index (χ2n) is 6.33. The number of ether oxygens (including phenoxy) is 4. The van der Waals surface area contributed by atoms with E-state index >= 15 is 0 Å². The molecule has 0 atom stereocenters. The van der Waals surface area contributed by atoms with E-state index in [0.717, 1.165) is 5.56 Å². The smallest absolute Gasteiger partial charge is 0.336 e. The SMILES string of the molecule is COCCNC(=O)/C(C#N)=C/c1ccc(OC(=O)/C=C/c2ccccc2OC)c(OC)c1. The van der Waals surface area contributed by atoms with Gasteiger partial charge in [-0.05, 0) is 35.9 Å². The summed E-state index contributed by atoms with van der Waals surface area (Å²) in [6.45, 7) is 0.624. The number of nitrogens with one attached hydrogen (secondary N) is 1. The van der Waals surface area contributed by atoms with Crippen LogP contribution in [0.15, 0.2) is 54.1 Å². The maximum Gasteiger partial charge on any atom is 0.336 e. The van der Waals surface area contributed by atoms with Crippen molar-refractivity contribution in [3.05, 3.63) is 65.2 Å². The van der Waals surface area contributed by atoms with Crippen molar-refractivity contribution in [1.29, 1.82) is 5.26 Å². The molecular weight excluding hydrogens is 412 g/mol. The maximum atomic E-state index is 12.3. The van der Waals surface area contributed by atoms with Gasteiger partial charge in [-0.2, -0.15) is 5.26 Å². The van der Waals surface area contributed by atoms with Gasteiger partial charge in [0.05, 0.1) is 20.8 Å². The van der Waals surface area contributed by atoms with Gasteiger partial charge in [0.15, 0.2) is 11.5 Å². The highest BCUT2D eigenvalue weighted by Crippen LogP contribution is 2.29. The Bertz CT molecular complexity index is 1050. The molecule has 0 fully saturated rings. The van der Waals surface area contributed by atoms with Gasteiger partial charge in [0, 0.05) is 25.3 Å². The van der Waals surface area contributed by atoms with Crippen molar-refractivity contribution in [1.82, 2.24) is 5.32 Å². The van der Waals surface area contributed by atoms with Crippen LogP contribution in [0.5, 0.6) is 17.2 Å². The van der Waals surface area contributed by atoms with E-state index < -0.39 is 11.9 Å². The first-order chi connectivity index (χ1) is 15.5. The third-order valence-corrected chi connectivity index (χ3v) is 4.20. The number of methoxy groups -OCH3 is 3. The molecule has 0 saturated heterocycles. The van der Waals surface area contributed by atoms with E-state index in [0.29, 0.717) is 17.9 Å². The first-order valence-corrected chi connectivity index (χ1v) is 9.62. The van der Waals surface area contributed by atoms with Crippen molar-refractivity contribution in [3.63, 3.8) is 0 Å². The van der Waals surface area contributed by atoms with Gasteiger partial charge in [0.2, 0.25) is 0 Å². The number of amides is 1. The molecule has 0 bridgehead atoms. The van der Waals surface area contributed by atoms with Crippen LogP contribution < -0.4 is 19.5 Å². The summed E-state index contributed by atoms with van der Waals surface area (Å²) in [5.74, 6) is -0.0182. The summed E-state index contributed by atoms with van der Waals surface area (Å²) in [5, 5.41) is 11.9. The van der Waals surface area contributed by atoms with E-state index in [1.807, 2.05) is 24.3 Å². The highest BCUT2D eigenvalue weighted by molar-refractivity contribution is 6.01. The molecule has 2 aromatic carbocycles. The van der Waals surface area contributed by atoms with E-state index in [4.69, 9.17) is 18.9 Å². The standard InChI is InChI=1S/C24H24N2O6/c1-29-13-12-26-24(28)19(16-25)14-17-8-10-21(22(15-17)31-3)32-23(27)11-9-18-6-4-5-7-20(18)30-2/h4-11,14-15H,12-13H2,1-3H3,(H,26,28)/b11-9+,19-14+. The molecule has 2 aromatic rings. The molecule has 0 aliphatic rings. The molecule has 8 nitrogen and oxygen atoms in total. The summed E-state index contributed by atoms with van der Waals surface area (Å²) >= 11 is 0. The third kappa shape index (κ3) is 7.00. The van der Waals surface area contributed by atoms with Crippen LogP contribution in [0.25, 0.3) is 12.2 Å². The summed E-state index contributed by atoms with van der Waals surface area (Å²) in [6.07, 6.45) is 4.28. The lowest BCUT2D eigenvalue weighted by molar-refractivity contribution is -0.129. The number of hydrogen-bond donors (Lipinski definition) is 1. The lowest BCUT2D eigenvalue weighted by Crippen LogP contribution is -2.27. The average molecular weight is 436 g/mol. The number of nitrogens with zero attached hydrogens (tertiary/aromatic N) is 1. The van der Waals surface area contributed by atoms with Crippen molar-refractivity contribution in [2.45, 2.75) is 0 Å². The molecule has 166 valence electrons. The van der Waals surface area contributed by atoms with Crippen molar-refractivity contribution < 1.29 is 28.5 Å². The number of hydrogen-bond acceptors (Lipinski definition) is 7. The Morgan fingerprint density at radius 3 is 2.47 bits per heavy atom. The second-order valence-corrected chi connectivity index (χ2v) is 6.33. The normalized spacial score (nSPS) is 11.0. The lowest BCUT2D eigenvalue weighted by Gasteiger charge is -2.09. The molecule has 2 rings (SSSR count). The Balaban J connectivity index is 2.14. The van der Waals surface area contributed by atoms with E-state index in [1.54, 1.807) is 31.4 Å². The molecular formula is C24H24N2O6. The van der Waals surface area contributed by atoms with Gasteiger partial charge in [-0.3, -0.25) is 4.79 Å². The maximum absolute atomic E-state index is 12.3. The molecule has 0 spiro atoms. The highest BCUT2D eigenvalue weighted by atomic mass is 16.6. The van der Waals surface area contributed by atoms with Crippen molar-refractivity contribution in [2.24, 2.45) is 0 Å². The Kier molecular flexibility index (Phi) is 9.50. The van der Waals surface area contributed by atoms with Crippen LogP contribution in [0.3, 0.4) is 0 Å². The fourth-order valence-corrected chi connectivity index (χ4v) is 2.64. The van der Waals surface area contributed by atoms with E-state index in [9.17, 15) is 14.9 Å². The lowest BCUT2D eigenvalue weighted by atomic mass is 10.1. The Hall–Kier alpha value is -4.09. The number of benzene rings is 2. The van der Waals surface area contributed by atoms with Crippen LogP contribution in [0.1, 0.15) is 11.1 Å². The largest absolute Gasteiger partial charge is 0.496 e. The summed E-state index contributed by atoms with van der Waals surface area (Å²) in [6, 6.07) is 13.8. The minimum Gasteiger partial charge on any atom is -0.496 e. The summed E-state index contributed by atoms with van der Waals surface area (Å²) in [5.41, 5.74) is 1.18. The summed E-state index contributed by atoms with van der Waals surface area (Å²) in [4.78, 5) is 24.3. The first kappa shape index (κ1) is 24.2. The third-order valence-electron chi connectivity index (χ3n) is 4.20. The van der Waals surface area contributed by atoms with Gasteiger partial charge in [-0.15, -0.1) is 0 Å². The number of esters is 1. The number of carbonyl (C=O) groups excluding carboxylic acids is 2. The van der Waals surface area contributed by atoms with Gasteiger partial charge in [0.1, 0.15) is 17.4 Å². The van der Waals surface area contributed by atoms with Gasteiger partial charge in [0.25, 0.3) is 5.91 Å². The topological polar surface area (TPSA) is 107 Å². The van der Waals surface area contributed by atoms with Crippen LogP contribution in [0.4, 0.5) is 0 Å². The van der Waals surface area contributed by atoms with E-state index in [1.165, 1.54) is 32.4 Å². The van der Waals surface area contributed by atoms with Gasteiger partial charge >= 0.3 is 5.97 Å². The number of carbonyl (C=O) groups is 2. The highest BCUT2D eigenvalue weighted by Gasteiger charge is 2.12. The first-order valence-electron chi connectivity index (χ1n) is 9.62. The molecule has 8 heteroatoms. The van der Waals surface area contributed by atoms with Crippen LogP contribution in [0.2, 0.25) is 0 Å². The zero-order valence-electron chi connectivity index (χ0n) is 18.1. The molecule has 1 N–H and O–H groups in total. The molecule has 0 aliphatic carbocycles. The van der Waals surface area contributed by atoms with Gasteiger partial charge < -0.3 is 24.3 Å². The average Bonchev–Trinajstić information content (AvgIpc) is 2.82. The molecule has 0 aliphatic heterocycles. The Labute approximate surface area is 186 Å². The second kappa shape index (κ2) is 12.6. The molecule has 0 heterocycles. The fourth-order valence-electron chi connectivity index (χ4n) is 2.64. The summed E-state index contributed by atoms with van der Waals surface area (Å²) < 4.78 is 20.8. The monoisotopic (exact) mass is 436 g/mol. The number of para-hydroxylation sites is 1. The minimum atomic E-state index is -0.604. The molecule has 1 amide bonds. The zero-order chi connectivity index (χ0) is 23.3. The Morgan fingerprint density at radius 1 is 1.03 bits per heavy atom. The van der Waals surface area contributed by atoms with Crippen molar-refractivity contribution in [3.8, 4) is 23.3 Å². The number of nitriles is 1. The predicted octanol–water partition coefficient (Wildman–Crippen LogP) is 2.99. The predicted molar refractivity (Wildman–Crippen MR) is 119 cm³/mol. The van der Waals surface area contributed by atoms with E-state index in [-0.39, 0.29) is 23.6 Å². The number of rotatable bonds is 10.